The van der Waals surface area contributed by atoms with Crippen LogP contribution in [-0.2, 0) is 5.41 Å². The molecule has 2 N–H and O–H groups in total. The van der Waals surface area contributed by atoms with E-state index >= 15 is 0 Å². The smallest absolute Gasteiger partial charge is 0.232 e. The summed E-state index contributed by atoms with van der Waals surface area (Å²) in [7, 11) is 0. The molecule has 6 rings (SSSR count). The fraction of sp³-hybridized carbons (Fsp3) is 0.485. The molecule has 3 heterocycles. The quantitative estimate of drug-likeness (QED) is 0.337. The summed E-state index contributed by atoms with van der Waals surface area (Å²) in [6.07, 6.45) is 9.92. The Balaban J connectivity index is 1.16. The molecule has 2 aliphatic heterocycles. The van der Waals surface area contributed by atoms with Gasteiger partial charge in [-0.15, -0.1) is 0 Å². The van der Waals surface area contributed by atoms with Crippen LogP contribution < -0.4 is 25.3 Å². The molecule has 3 fully saturated rings. The molecule has 0 radical (unpaired) electrons. The third-order valence-corrected chi connectivity index (χ3v) is 9.36. The number of anilines is 4. The lowest BCUT2D eigenvalue weighted by atomic mass is 9.69. The van der Waals surface area contributed by atoms with Crippen molar-refractivity contribution in [3.63, 3.8) is 0 Å². The lowest BCUT2D eigenvalue weighted by molar-refractivity contribution is 0.292. The van der Waals surface area contributed by atoms with Gasteiger partial charge in [-0.05, 0) is 62.0 Å². The van der Waals surface area contributed by atoms with Gasteiger partial charge in [0.25, 0.3) is 0 Å². The van der Waals surface area contributed by atoms with Crippen molar-refractivity contribution in [3.8, 4) is 0 Å². The Morgan fingerprint density at radius 3 is 1.90 bits per heavy atom. The second kappa shape index (κ2) is 13.1. The van der Waals surface area contributed by atoms with Gasteiger partial charge in [0.05, 0.1) is 0 Å². The van der Waals surface area contributed by atoms with Gasteiger partial charge in [0.15, 0.2) is 5.11 Å². The van der Waals surface area contributed by atoms with Gasteiger partial charge in [-0.25, -0.2) is 0 Å². The minimum atomic E-state index is 0.116. The normalized spacial score (nSPS) is 19.1. The molecule has 8 heteroatoms. The molecule has 0 amide bonds. The number of thiocarbonyl (C=S) groups is 1. The lowest BCUT2D eigenvalue weighted by Crippen LogP contribution is -2.47. The molecular weight excluding hydrogens is 526 g/mol. The third-order valence-electron chi connectivity index (χ3n) is 9.11. The highest BCUT2D eigenvalue weighted by molar-refractivity contribution is 7.80. The topological polar surface area (TPSA) is 59.6 Å². The molecule has 3 aliphatic rings. The van der Waals surface area contributed by atoms with Crippen LogP contribution in [0.5, 0.6) is 0 Å². The van der Waals surface area contributed by atoms with E-state index in [2.05, 4.69) is 92.1 Å². The zero-order valence-electron chi connectivity index (χ0n) is 24.1. The highest BCUT2D eigenvalue weighted by Crippen LogP contribution is 2.39. The molecule has 41 heavy (non-hydrogen) atoms. The Labute approximate surface area is 250 Å². The average molecular weight is 570 g/mol. The van der Waals surface area contributed by atoms with Crippen LogP contribution in [0.4, 0.5) is 23.3 Å². The molecule has 216 valence electrons. The number of benzene rings is 2. The first kappa shape index (κ1) is 27.8. The van der Waals surface area contributed by atoms with Crippen molar-refractivity contribution in [2.45, 2.75) is 56.8 Å². The minimum absolute atomic E-state index is 0.116. The number of hydrogen-bond donors (Lipinski definition) is 2. The highest BCUT2D eigenvalue weighted by Gasteiger charge is 2.34. The van der Waals surface area contributed by atoms with E-state index in [9.17, 15) is 0 Å². The predicted molar refractivity (Wildman–Crippen MR) is 174 cm³/mol. The second-order valence-electron chi connectivity index (χ2n) is 11.8. The Morgan fingerprint density at radius 2 is 1.24 bits per heavy atom. The first-order chi connectivity index (χ1) is 20.2. The maximum absolute atomic E-state index is 5.84. The summed E-state index contributed by atoms with van der Waals surface area (Å²) in [6.45, 7) is 6.69. The Bertz CT molecular complexity index is 1270. The van der Waals surface area contributed by atoms with E-state index in [1.165, 1.54) is 62.6 Å². The van der Waals surface area contributed by atoms with Gasteiger partial charge in [-0.1, -0.05) is 67.8 Å². The standard InChI is InChI=1S/C33H43N7S/c41-32(34-26-33(17-9-3-10-18-33)27-13-5-1-6-14-27)37-31-35-29(39-19-11-4-12-20-39)25-30(36-31)40-23-21-38(22-24-40)28-15-7-2-8-16-28/h1-2,5-8,13-16,25H,3-4,9-12,17-24,26H2,(H2,34,35,36,37,41). The second-order valence-corrected chi connectivity index (χ2v) is 12.2. The summed E-state index contributed by atoms with van der Waals surface area (Å²) in [5.41, 5.74) is 2.81. The summed E-state index contributed by atoms with van der Waals surface area (Å²) >= 11 is 5.84. The van der Waals surface area contributed by atoms with Crippen LogP contribution in [-0.4, -0.2) is 60.9 Å². The molecule has 3 aromatic rings. The van der Waals surface area contributed by atoms with Crippen LogP contribution in [0, 0.1) is 0 Å². The molecule has 1 aliphatic carbocycles. The van der Waals surface area contributed by atoms with Crippen LogP contribution in [0.1, 0.15) is 56.9 Å². The molecule has 0 atom stereocenters. The zero-order valence-corrected chi connectivity index (χ0v) is 24.9. The molecule has 2 saturated heterocycles. The summed E-state index contributed by atoms with van der Waals surface area (Å²) in [5.74, 6) is 2.56. The molecule has 7 nitrogen and oxygen atoms in total. The van der Waals surface area contributed by atoms with E-state index < -0.39 is 0 Å². The number of piperidine rings is 1. The van der Waals surface area contributed by atoms with Gasteiger partial charge < -0.3 is 25.3 Å². The lowest BCUT2D eigenvalue weighted by Gasteiger charge is -2.38. The van der Waals surface area contributed by atoms with E-state index in [1.54, 1.807) is 0 Å². The van der Waals surface area contributed by atoms with E-state index in [0.717, 1.165) is 57.4 Å². The van der Waals surface area contributed by atoms with Gasteiger partial charge in [0, 0.05) is 63.0 Å². The molecular formula is C33H43N7S. The fourth-order valence-electron chi connectivity index (χ4n) is 6.74. The number of nitrogens with one attached hydrogen (secondary N) is 2. The summed E-state index contributed by atoms with van der Waals surface area (Å²) in [4.78, 5) is 17.2. The number of aromatic nitrogens is 2. The third kappa shape index (κ3) is 6.75. The number of rotatable bonds is 7. The predicted octanol–water partition coefficient (Wildman–Crippen LogP) is 5.98. The van der Waals surface area contributed by atoms with Crippen molar-refractivity contribution in [1.29, 1.82) is 0 Å². The van der Waals surface area contributed by atoms with Crippen molar-refractivity contribution in [2.24, 2.45) is 0 Å². The Morgan fingerprint density at radius 1 is 0.683 bits per heavy atom. The largest absolute Gasteiger partial charge is 0.368 e. The van der Waals surface area contributed by atoms with E-state index in [0.29, 0.717) is 11.1 Å². The van der Waals surface area contributed by atoms with Gasteiger partial charge in [0.1, 0.15) is 11.6 Å². The van der Waals surface area contributed by atoms with E-state index in [-0.39, 0.29) is 5.41 Å². The molecule has 1 saturated carbocycles. The summed E-state index contributed by atoms with van der Waals surface area (Å²) in [6, 6.07) is 23.8. The maximum atomic E-state index is 5.84. The van der Waals surface area contributed by atoms with Crippen molar-refractivity contribution in [3.05, 3.63) is 72.3 Å². The Kier molecular flexibility index (Phi) is 8.85. The van der Waals surface area contributed by atoms with E-state index in [4.69, 9.17) is 22.2 Å². The molecule has 0 spiro atoms. The number of nitrogens with zero attached hydrogens (tertiary/aromatic N) is 5. The Hall–Kier alpha value is -3.39. The van der Waals surface area contributed by atoms with Crippen LogP contribution in [0.3, 0.4) is 0 Å². The maximum Gasteiger partial charge on any atom is 0.232 e. The van der Waals surface area contributed by atoms with Gasteiger partial charge >= 0.3 is 0 Å². The van der Waals surface area contributed by atoms with Crippen molar-refractivity contribution in [1.82, 2.24) is 15.3 Å². The van der Waals surface area contributed by atoms with Crippen LogP contribution in [0.2, 0.25) is 0 Å². The minimum Gasteiger partial charge on any atom is -0.368 e. The zero-order chi connectivity index (χ0) is 27.9. The van der Waals surface area contributed by atoms with Crippen LogP contribution in [0.25, 0.3) is 0 Å². The molecule has 0 bridgehead atoms. The molecule has 0 unspecified atom stereocenters. The summed E-state index contributed by atoms with van der Waals surface area (Å²) < 4.78 is 0. The van der Waals surface area contributed by atoms with Gasteiger partial charge in [-0.2, -0.15) is 9.97 Å². The van der Waals surface area contributed by atoms with Gasteiger partial charge in [-0.3, -0.25) is 0 Å². The highest BCUT2D eigenvalue weighted by atomic mass is 32.1. The molecule has 1 aromatic heterocycles. The monoisotopic (exact) mass is 569 g/mol. The van der Waals surface area contributed by atoms with Gasteiger partial charge in [0.2, 0.25) is 5.95 Å². The van der Waals surface area contributed by atoms with Crippen molar-refractivity contribution in [2.75, 3.05) is 65.8 Å². The van der Waals surface area contributed by atoms with Crippen LogP contribution in [0.15, 0.2) is 66.7 Å². The van der Waals surface area contributed by atoms with Crippen molar-refractivity contribution < 1.29 is 0 Å². The number of piperazine rings is 1. The van der Waals surface area contributed by atoms with Crippen molar-refractivity contribution >= 4 is 40.6 Å². The first-order valence-electron chi connectivity index (χ1n) is 15.5. The van der Waals surface area contributed by atoms with Crippen LogP contribution >= 0.6 is 12.2 Å². The first-order valence-corrected chi connectivity index (χ1v) is 15.9. The number of para-hydroxylation sites is 1. The molecule has 2 aromatic carbocycles. The number of hydrogen-bond acceptors (Lipinski definition) is 6. The fourth-order valence-corrected chi connectivity index (χ4v) is 6.90. The van der Waals surface area contributed by atoms with E-state index in [1.807, 2.05) is 0 Å². The average Bonchev–Trinajstić information content (AvgIpc) is 3.05. The SMILES string of the molecule is S=C(NCC1(c2ccccc2)CCCCC1)Nc1nc(N2CCCCC2)cc(N2CCN(c3ccccc3)CC2)n1. The summed E-state index contributed by atoms with van der Waals surface area (Å²) in [5, 5.41) is 7.55.